The Morgan fingerprint density at radius 1 is 1.18 bits per heavy atom. The van der Waals surface area contributed by atoms with E-state index in [-0.39, 0.29) is 5.91 Å². The van der Waals surface area contributed by atoms with Crippen LogP contribution in [0.5, 0.6) is 5.75 Å². The molecule has 0 unspecified atom stereocenters. The van der Waals surface area contributed by atoms with Gasteiger partial charge in [0.15, 0.2) is 0 Å². The van der Waals surface area contributed by atoms with E-state index >= 15 is 0 Å². The number of ether oxygens (including phenoxy) is 1. The van der Waals surface area contributed by atoms with Crippen molar-refractivity contribution < 1.29 is 9.53 Å². The predicted octanol–water partition coefficient (Wildman–Crippen LogP) is 3.85. The molecule has 2 aromatic rings. The largest absolute Gasteiger partial charge is 0.497 e. The van der Waals surface area contributed by atoms with E-state index < -0.39 is 0 Å². The summed E-state index contributed by atoms with van der Waals surface area (Å²) < 4.78 is 5.83. The Kier molecular flexibility index (Phi) is 5.91. The predicted molar refractivity (Wildman–Crippen MR) is 92.3 cm³/mol. The van der Waals surface area contributed by atoms with Crippen LogP contribution in [0.1, 0.15) is 15.9 Å². The number of carbonyl (C=O) groups excluding carboxylic acids is 1. The van der Waals surface area contributed by atoms with Gasteiger partial charge in [-0.3, -0.25) is 4.79 Å². The Labute approximate surface area is 137 Å². The van der Waals surface area contributed by atoms with Crippen LogP contribution >= 0.6 is 15.9 Å². The molecule has 0 saturated carbocycles. The lowest BCUT2D eigenvalue weighted by atomic mass is 10.2. The first kappa shape index (κ1) is 16.0. The minimum absolute atomic E-state index is 0.296. The molecular formula is C17H15BrN2O2. The zero-order valence-corrected chi connectivity index (χ0v) is 13.6. The SMILES string of the molecule is COc1cccc(C(=O)NN=CC(Br)=Cc2ccccc2)c1. The minimum Gasteiger partial charge on any atom is -0.497 e. The molecule has 0 atom stereocenters. The van der Waals surface area contributed by atoms with Crippen molar-refractivity contribution >= 4 is 34.1 Å². The summed E-state index contributed by atoms with van der Waals surface area (Å²) in [6, 6.07) is 16.7. The van der Waals surface area contributed by atoms with Crippen LogP contribution in [-0.2, 0) is 0 Å². The molecule has 5 heteroatoms. The molecule has 0 bridgehead atoms. The number of hydrogen-bond acceptors (Lipinski definition) is 3. The van der Waals surface area contributed by atoms with Gasteiger partial charge < -0.3 is 4.74 Å². The summed E-state index contributed by atoms with van der Waals surface area (Å²) in [4.78, 5) is 11.9. The summed E-state index contributed by atoms with van der Waals surface area (Å²) in [5.41, 5.74) is 4.00. The number of allylic oxidation sites excluding steroid dienone is 1. The highest BCUT2D eigenvalue weighted by Crippen LogP contribution is 2.12. The van der Waals surface area contributed by atoms with Gasteiger partial charge in [-0.05, 0) is 45.8 Å². The quantitative estimate of drug-likeness (QED) is 0.651. The molecule has 0 aliphatic carbocycles. The molecule has 112 valence electrons. The van der Waals surface area contributed by atoms with Crippen molar-refractivity contribution in [1.82, 2.24) is 5.43 Å². The zero-order chi connectivity index (χ0) is 15.8. The number of benzene rings is 2. The molecule has 2 rings (SSSR count). The first-order valence-electron chi connectivity index (χ1n) is 6.59. The number of hydrazone groups is 1. The van der Waals surface area contributed by atoms with Crippen LogP contribution in [0.15, 0.2) is 64.2 Å². The molecule has 0 radical (unpaired) electrons. The minimum atomic E-state index is -0.296. The average molecular weight is 359 g/mol. The van der Waals surface area contributed by atoms with Gasteiger partial charge in [0.1, 0.15) is 5.75 Å². The smallest absolute Gasteiger partial charge is 0.271 e. The van der Waals surface area contributed by atoms with Crippen LogP contribution < -0.4 is 10.2 Å². The third kappa shape index (κ3) is 4.86. The Morgan fingerprint density at radius 2 is 1.95 bits per heavy atom. The lowest BCUT2D eigenvalue weighted by Crippen LogP contribution is -2.17. The van der Waals surface area contributed by atoms with Crippen molar-refractivity contribution in [2.45, 2.75) is 0 Å². The summed E-state index contributed by atoms with van der Waals surface area (Å²) in [6.45, 7) is 0. The zero-order valence-electron chi connectivity index (χ0n) is 12.0. The fourth-order valence-electron chi connectivity index (χ4n) is 1.73. The molecule has 0 aromatic heterocycles. The molecule has 0 saturated heterocycles. The molecular weight excluding hydrogens is 344 g/mol. The fourth-order valence-corrected chi connectivity index (χ4v) is 2.09. The van der Waals surface area contributed by atoms with E-state index in [1.807, 2.05) is 36.4 Å². The average Bonchev–Trinajstić information content (AvgIpc) is 2.55. The number of carbonyl (C=O) groups is 1. The van der Waals surface area contributed by atoms with E-state index in [0.717, 1.165) is 10.0 Å². The summed E-state index contributed by atoms with van der Waals surface area (Å²) in [6.07, 6.45) is 3.44. The van der Waals surface area contributed by atoms with Crippen LogP contribution in [0.25, 0.3) is 6.08 Å². The van der Waals surface area contributed by atoms with Gasteiger partial charge in [0.2, 0.25) is 0 Å². The number of nitrogens with one attached hydrogen (secondary N) is 1. The van der Waals surface area contributed by atoms with Gasteiger partial charge in [-0.1, -0.05) is 36.4 Å². The second-order valence-electron chi connectivity index (χ2n) is 4.37. The maximum Gasteiger partial charge on any atom is 0.271 e. The van der Waals surface area contributed by atoms with Crippen molar-refractivity contribution in [2.24, 2.45) is 5.10 Å². The van der Waals surface area contributed by atoms with E-state index in [2.05, 4.69) is 26.5 Å². The summed E-state index contributed by atoms with van der Waals surface area (Å²) in [7, 11) is 1.56. The molecule has 0 fully saturated rings. The molecule has 0 spiro atoms. The van der Waals surface area contributed by atoms with E-state index in [0.29, 0.717) is 11.3 Å². The number of nitrogens with zero attached hydrogens (tertiary/aromatic N) is 1. The van der Waals surface area contributed by atoms with Crippen LogP contribution in [0, 0.1) is 0 Å². The molecule has 0 aliphatic heterocycles. The summed E-state index contributed by atoms with van der Waals surface area (Å²) >= 11 is 3.38. The van der Waals surface area contributed by atoms with Crippen LogP contribution in [0.2, 0.25) is 0 Å². The summed E-state index contributed by atoms with van der Waals surface area (Å²) in [5, 5.41) is 3.92. The molecule has 0 heterocycles. The monoisotopic (exact) mass is 358 g/mol. The van der Waals surface area contributed by atoms with E-state index in [1.165, 1.54) is 6.21 Å². The Balaban J connectivity index is 1.96. The highest BCUT2D eigenvalue weighted by Gasteiger charge is 2.04. The molecule has 4 nitrogen and oxygen atoms in total. The van der Waals surface area contributed by atoms with E-state index in [9.17, 15) is 4.79 Å². The van der Waals surface area contributed by atoms with Gasteiger partial charge in [-0.2, -0.15) is 5.10 Å². The van der Waals surface area contributed by atoms with E-state index in [1.54, 1.807) is 31.4 Å². The normalized spacial score (nSPS) is 11.5. The maximum absolute atomic E-state index is 11.9. The molecule has 22 heavy (non-hydrogen) atoms. The number of amides is 1. The topological polar surface area (TPSA) is 50.7 Å². The maximum atomic E-state index is 11.9. The van der Waals surface area contributed by atoms with E-state index in [4.69, 9.17) is 4.74 Å². The van der Waals surface area contributed by atoms with Gasteiger partial charge in [0, 0.05) is 10.0 Å². The van der Waals surface area contributed by atoms with Crippen molar-refractivity contribution in [3.8, 4) is 5.75 Å². The molecule has 1 N–H and O–H groups in total. The highest BCUT2D eigenvalue weighted by atomic mass is 79.9. The lowest BCUT2D eigenvalue weighted by molar-refractivity contribution is 0.0955. The van der Waals surface area contributed by atoms with Gasteiger partial charge in [0.25, 0.3) is 5.91 Å². The standard InChI is InChI=1S/C17H15BrN2O2/c1-22-16-9-5-8-14(11-16)17(21)20-19-12-15(18)10-13-6-3-2-4-7-13/h2-12H,1H3,(H,20,21). The second kappa shape index (κ2) is 8.14. The molecule has 2 aromatic carbocycles. The van der Waals surface area contributed by atoms with Crippen molar-refractivity contribution in [3.05, 3.63) is 70.2 Å². The first-order valence-corrected chi connectivity index (χ1v) is 7.38. The summed E-state index contributed by atoms with van der Waals surface area (Å²) in [5.74, 6) is 0.331. The lowest BCUT2D eigenvalue weighted by Gasteiger charge is -2.02. The fraction of sp³-hybridized carbons (Fsp3) is 0.0588. The number of methoxy groups -OCH3 is 1. The van der Waals surface area contributed by atoms with Crippen LogP contribution in [0.4, 0.5) is 0 Å². The third-order valence-electron chi connectivity index (χ3n) is 2.79. The second-order valence-corrected chi connectivity index (χ2v) is 5.29. The highest BCUT2D eigenvalue weighted by molar-refractivity contribution is 9.12. The third-order valence-corrected chi connectivity index (χ3v) is 3.22. The number of rotatable bonds is 5. The molecule has 0 aliphatic rings. The van der Waals surface area contributed by atoms with Crippen LogP contribution in [0.3, 0.4) is 0 Å². The Bertz CT molecular complexity index is 697. The van der Waals surface area contributed by atoms with Crippen molar-refractivity contribution in [2.75, 3.05) is 7.11 Å². The Hall–Kier alpha value is -2.40. The number of halogens is 1. The molecule has 1 amide bonds. The first-order chi connectivity index (χ1) is 10.7. The van der Waals surface area contributed by atoms with Crippen molar-refractivity contribution in [3.63, 3.8) is 0 Å². The van der Waals surface area contributed by atoms with Gasteiger partial charge in [0.05, 0.1) is 13.3 Å². The van der Waals surface area contributed by atoms with Gasteiger partial charge in [-0.25, -0.2) is 5.43 Å². The van der Waals surface area contributed by atoms with Crippen LogP contribution in [-0.4, -0.2) is 19.2 Å². The Morgan fingerprint density at radius 3 is 2.68 bits per heavy atom. The van der Waals surface area contributed by atoms with Crippen molar-refractivity contribution in [1.29, 1.82) is 0 Å². The van der Waals surface area contributed by atoms with Gasteiger partial charge >= 0.3 is 0 Å². The number of hydrogen-bond donors (Lipinski definition) is 1. The van der Waals surface area contributed by atoms with Gasteiger partial charge in [-0.15, -0.1) is 0 Å².